The maximum absolute atomic E-state index is 12.6. The van der Waals surface area contributed by atoms with Gasteiger partial charge in [-0.15, -0.1) is 0 Å². The Morgan fingerprint density at radius 3 is 2.74 bits per heavy atom. The number of benzene rings is 1. The van der Waals surface area contributed by atoms with Crippen LogP contribution >= 0.6 is 0 Å². The van der Waals surface area contributed by atoms with Crippen molar-refractivity contribution in [3.63, 3.8) is 0 Å². The third-order valence-electron chi connectivity index (χ3n) is 5.61. The molecule has 6 nitrogen and oxygen atoms in total. The number of aldehydes is 1. The lowest BCUT2D eigenvalue weighted by molar-refractivity contribution is -0.176. The van der Waals surface area contributed by atoms with Crippen LogP contribution in [-0.4, -0.2) is 28.1 Å². The van der Waals surface area contributed by atoms with Crippen LogP contribution in [0.3, 0.4) is 0 Å². The number of hydrogen-bond acceptors (Lipinski definition) is 5. The van der Waals surface area contributed by atoms with Crippen molar-refractivity contribution in [2.45, 2.75) is 51.5 Å². The minimum absolute atomic E-state index is 0.212. The average Bonchev–Trinajstić information content (AvgIpc) is 3.20. The molecule has 1 saturated carbocycles. The highest BCUT2D eigenvalue weighted by Gasteiger charge is 2.19. The molecule has 0 radical (unpaired) electrons. The van der Waals surface area contributed by atoms with Gasteiger partial charge in [0.15, 0.2) is 0 Å². The van der Waals surface area contributed by atoms with Crippen molar-refractivity contribution in [2.24, 2.45) is 7.05 Å². The highest BCUT2D eigenvalue weighted by atomic mass is 19.3. The molecule has 1 aromatic heterocycles. The second-order valence-electron chi connectivity index (χ2n) is 7.93. The van der Waals surface area contributed by atoms with E-state index < -0.39 is 5.97 Å². The number of nitrogens with one attached hydrogen (secondary N) is 1. The summed E-state index contributed by atoms with van der Waals surface area (Å²) in [5.41, 5.74) is 5.21. The van der Waals surface area contributed by atoms with E-state index in [1.54, 1.807) is 17.0 Å². The minimum Gasteiger partial charge on any atom is -0.382 e. The first kappa shape index (κ1) is 22.5. The van der Waals surface area contributed by atoms with Crippen LogP contribution in [0.15, 0.2) is 42.8 Å². The maximum atomic E-state index is 12.6. The van der Waals surface area contributed by atoms with Crippen molar-refractivity contribution in [3.8, 4) is 11.1 Å². The van der Waals surface area contributed by atoms with E-state index in [0.29, 0.717) is 12.1 Å². The third-order valence-corrected chi connectivity index (χ3v) is 5.61. The molecule has 1 aliphatic carbocycles. The van der Waals surface area contributed by atoms with Gasteiger partial charge in [0.25, 0.3) is 0 Å². The van der Waals surface area contributed by atoms with Crippen LogP contribution in [0.2, 0.25) is 0 Å². The summed E-state index contributed by atoms with van der Waals surface area (Å²) in [6.45, 7) is 1.99. The first-order chi connectivity index (χ1) is 15.0. The molecular weight excluding hydrogens is 397 g/mol. The van der Waals surface area contributed by atoms with Gasteiger partial charge in [0.05, 0.1) is 12.3 Å². The third kappa shape index (κ3) is 5.90. The van der Waals surface area contributed by atoms with Crippen LogP contribution in [0.5, 0.6) is 0 Å². The molecule has 0 amide bonds. The Morgan fingerprint density at radius 2 is 2.10 bits per heavy atom. The van der Waals surface area contributed by atoms with Crippen molar-refractivity contribution in [1.29, 1.82) is 0 Å². The highest BCUT2D eigenvalue weighted by molar-refractivity contribution is 5.91. The Kier molecular flexibility index (Phi) is 7.76. The lowest BCUT2D eigenvalue weighted by Crippen LogP contribution is -2.30. The topological polar surface area (TPSA) is 73.2 Å². The van der Waals surface area contributed by atoms with E-state index in [9.17, 15) is 14.1 Å². The predicted octanol–water partition coefficient (Wildman–Crippen LogP) is 4.38. The van der Waals surface area contributed by atoms with Crippen molar-refractivity contribution < 1.29 is 19.1 Å². The largest absolute Gasteiger partial charge is 0.382 e. The van der Waals surface area contributed by atoms with E-state index in [1.165, 1.54) is 18.6 Å². The van der Waals surface area contributed by atoms with Gasteiger partial charge in [-0.1, -0.05) is 25.3 Å². The molecule has 164 valence electrons. The number of aryl methyl sites for hydroxylation is 2. The maximum Gasteiger partial charge on any atom is 0.374 e. The van der Waals surface area contributed by atoms with Gasteiger partial charge < -0.3 is 5.32 Å². The molecule has 7 heteroatoms. The number of halogens is 1. The zero-order valence-electron chi connectivity index (χ0n) is 17.9. The van der Waals surface area contributed by atoms with Gasteiger partial charge in [-0.05, 0) is 61.1 Å². The number of hydrogen-bond donors (Lipinski definition) is 1. The molecular formula is C24H28FN3O3. The van der Waals surface area contributed by atoms with E-state index in [2.05, 4.69) is 15.4 Å². The van der Waals surface area contributed by atoms with Gasteiger partial charge in [-0.3, -0.25) is 9.48 Å². The normalized spacial score (nSPS) is 15.3. The Bertz CT molecular complexity index is 988. The fourth-order valence-electron chi connectivity index (χ4n) is 4.10. The first-order valence-corrected chi connectivity index (χ1v) is 10.6. The summed E-state index contributed by atoms with van der Waals surface area (Å²) in [7, 11) is 1.86. The Labute approximate surface area is 181 Å². The number of aromatic nitrogens is 2. The van der Waals surface area contributed by atoms with E-state index in [0.717, 1.165) is 59.8 Å². The number of rotatable bonds is 8. The van der Waals surface area contributed by atoms with Crippen molar-refractivity contribution >= 4 is 18.0 Å². The second-order valence-corrected chi connectivity index (χ2v) is 7.93. The van der Waals surface area contributed by atoms with Crippen LogP contribution in [0.25, 0.3) is 16.8 Å². The predicted molar refractivity (Wildman–Crippen MR) is 117 cm³/mol. The number of carbonyl (C=O) groups excluding carboxylic acids is 2. The summed E-state index contributed by atoms with van der Waals surface area (Å²) in [5, 5.41) is 7.70. The first-order valence-electron chi connectivity index (χ1n) is 10.6. The van der Waals surface area contributed by atoms with Crippen molar-refractivity contribution in [2.75, 3.05) is 0 Å². The fraction of sp³-hybridized carbons (Fsp3) is 0.375. The Morgan fingerprint density at radius 1 is 1.32 bits per heavy atom. The molecule has 3 rings (SSSR count). The molecule has 31 heavy (non-hydrogen) atoms. The van der Waals surface area contributed by atoms with Crippen LogP contribution < -0.4 is 5.32 Å². The van der Waals surface area contributed by atoms with E-state index in [-0.39, 0.29) is 6.04 Å². The zero-order valence-corrected chi connectivity index (χ0v) is 17.9. The summed E-state index contributed by atoms with van der Waals surface area (Å²) < 4.78 is 14.3. The lowest BCUT2D eigenvalue weighted by Gasteiger charge is -2.26. The van der Waals surface area contributed by atoms with Crippen LogP contribution in [0.4, 0.5) is 4.53 Å². The molecule has 0 aliphatic heterocycles. The van der Waals surface area contributed by atoms with Crippen LogP contribution in [-0.2, 0) is 28.0 Å². The lowest BCUT2D eigenvalue weighted by atomic mass is 9.91. The molecule has 0 saturated heterocycles. The van der Waals surface area contributed by atoms with Crippen molar-refractivity contribution in [3.05, 3.63) is 59.4 Å². The summed E-state index contributed by atoms with van der Waals surface area (Å²) in [6.07, 6.45) is 14.7. The SMILES string of the molecule is Cc1cc(/C(=C/C(=O)OF)NC2CCCCC2)c(C/C=C/C=O)cc1-c1cnn(C)c1. The van der Waals surface area contributed by atoms with Crippen LogP contribution in [0.1, 0.15) is 48.8 Å². The van der Waals surface area contributed by atoms with E-state index in [1.807, 2.05) is 32.3 Å². The summed E-state index contributed by atoms with van der Waals surface area (Å²) in [4.78, 5) is 26.0. The second kappa shape index (κ2) is 10.7. The van der Waals surface area contributed by atoms with Gasteiger partial charge in [0.1, 0.15) is 6.29 Å². The molecule has 0 bridgehead atoms. The number of allylic oxidation sites excluding steroid dienone is 2. The summed E-state index contributed by atoms with van der Waals surface area (Å²) >= 11 is 0. The molecule has 0 atom stereocenters. The monoisotopic (exact) mass is 425 g/mol. The van der Waals surface area contributed by atoms with Gasteiger partial charge in [-0.25, -0.2) is 9.74 Å². The summed E-state index contributed by atoms with van der Waals surface area (Å²) in [5.74, 6) is -1.05. The number of carbonyl (C=O) groups is 2. The quantitative estimate of drug-likeness (QED) is 0.502. The van der Waals surface area contributed by atoms with Crippen LogP contribution in [0, 0.1) is 6.92 Å². The van der Waals surface area contributed by atoms with Gasteiger partial charge >= 0.3 is 5.97 Å². The molecule has 1 fully saturated rings. The van der Waals surface area contributed by atoms with E-state index in [4.69, 9.17) is 0 Å². The highest BCUT2D eigenvalue weighted by Crippen LogP contribution is 2.31. The van der Waals surface area contributed by atoms with Crippen molar-refractivity contribution in [1.82, 2.24) is 15.1 Å². The van der Waals surface area contributed by atoms with Gasteiger partial charge in [0.2, 0.25) is 0 Å². The fourth-order valence-corrected chi connectivity index (χ4v) is 4.10. The number of nitrogens with zero attached hydrogens (tertiary/aromatic N) is 2. The van der Waals surface area contributed by atoms with Gasteiger partial charge in [-0.2, -0.15) is 5.10 Å². The molecule has 1 heterocycles. The summed E-state index contributed by atoms with van der Waals surface area (Å²) in [6, 6.07) is 4.23. The molecule has 1 N–H and O–H groups in total. The molecule has 0 spiro atoms. The molecule has 2 aromatic rings. The molecule has 0 unspecified atom stereocenters. The Balaban J connectivity index is 2.07. The molecule has 1 aliphatic rings. The standard InChI is InChI=1S/C24H28FN3O3/c1-17-12-22(23(14-24(30)31-25)27-20-9-4-3-5-10-20)18(8-6-7-11-29)13-21(17)19-15-26-28(2)16-19/h6-7,11-16,20,27H,3-5,8-10H2,1-2H3/b7-6+,23-14-. The smallest absolute Gasteiger partial charge is 0.374 e. The average molecular weight is 426 g/mol. The van der Waals surface area contributed by atoms with E-state index >= 15 is 0 Å². The zero-order chi connectivity index (χ0) is 22.2. The minimum atomic E-state index is -1.05. The Hall–Kier alpha value is -3.22. The molecule has 1 aromatic carbocycles. The van der Waals surface area contributed by atoms with Gasteiger partial charge in [0, 0.05) is 40.6 Å².